The number of amides is 2. The van der Waals surface area contributed by atoms with E-state index in [1.165, 1.54) is 23.1 Å². The normalized spacial score (nSPS) is 12.8. The highest BCUT2D eigenvalue weighted by molar-refractivity contribution is 9.10. The highest BCUT2D eigenvalue weighted by Gasteiger charge is 2.26. The summed E-state index contributed by atoms with van der Waals surface area (Å²) in [5.41, 5.74) is 8.00. The van der Waals surface area contributed by atoms with E-state index in [1.54, 1.807) is 6.20 Å². The summed E-state index contributed by atoms with van der Waals surface area (Å²) in [6.07, 6.45) is 6.38. The van der Waals surface area contributed by atoms with Gasteiger partial charge in [0.1, 0.15) is 5.00 Å². The molecule has 0 fully saturated rings. The highest BCUT2D eigenvalue weighted by atomic mass is 79.9. The second-order valence-electron chi connectivity index (χ2n) is 6.32. The van der Waals surface area contributed by atoms with Crippen molar-refractivity contribution in [1.29, 1.82) is 0 Å². The van der Waals surface area contributed by atoms with Crippen LogP contribution in [0.25, 0.3) is 5.69 Å². The van der Waals surface area contributed by atoms with Gasteiger partial charge in [0.2, 0.25) is 5.91 Å². The summed E-state index contributed by atoms with van der Waals surface area (Å²) >= 11 is 6.23. The number of thiophene rings is 1. The number of carbonyl (C=O) groups is 2. The van der Waals surface area contributed by atoms with E-state index in [4.69, 9.17) is 5.73 Å². The molecule has 2 heterocycles. The van der Waals surface area contributed by atoms with Crippen molar-refractivity contribution >= 4 is 55.8 Å². The number of primary amides is 1. The average molecular weight is 477 g/mol. The Balaban J connectivity index is 1.45. The molecule has 3 N–H and O–H groups in total. The number of rotatable bonds is 6. The third kappa shape index (κ3) is 3.87. The Morgan fingerprint density at radius 3 is 2.82 bits per heavy atom. The summed E-state index contributed by atoms with van der Waals surface area (Å²) in [5.74, 6) is -0.472. The van der Waals surface area contributed by atoms with E-state index >= 15 is 0 Å². The maximum absolute atomic E-state index is 12.5. The lowest BCUT2D eigenvalue weighted by atomic mass is 10.1. The topological polar surface area (TPSA) is 90.0 Å². The number of benzene rings is 1. The van der Waals surface area contributed by atoms with Crippen molar-refractivity contribution in [3.8, 4) is 5.69 Å². The minimum absolute atomic E-state index is 0.183. The number of hydrogen-bond acceptors (Lipinski definition) is 5. The van der Waals surface area contributed by atoms with E-state index in [9.17, 15) is 9.59 Å². The third-order valence-electron chi connectivity index (χ3n) is 4.46. The van der Waals surface area contributed by atoms with Gasteiger partial charge in [0.05, 0.1) is 11.3 Å². The van der Waals surface area contributed by atoms with Crippen molar-refractivity contribution in [2.24, 2.45) is 5.73 Å². The van der Waals surface area contributed by atoms with Gasteiger partial charge in [-0.15, -0.1) is 11.3 Å². The first-order valence-corrected chi connectivity index (χ1v) is 11.3. The SMILES string of the molecule is NC(=O)c1c(NC(=O)CSc2nccn2-c2ccc(Br)cc2)sc2c1CCC2. The van der Waals surface area contributed by atoms with Crippen LogP contribution in [0.3, 0.4) is 0 Å². The zero-order chi connectivity index (χ0) is 19.7. The summed E-state index contributed by atoms with van der Waals surface area (Å²) in [6, 6.07) is 7.86. The first-order chi connectivity index (χ1) is 13.5. The van der Waals surface area contributed by atoms with E-state index in [0.717, 1.165) is 45.0 Å². The number of fused-ring (bicyclic) bond motifs is 1. The standard InChI is InChI=1S/C19H17BrN4O2S2/c20-11-4-6-12(7-5-11)24-9-8-22-19(24)27-10-15(25)23-18-16(17(21)26)13-2-1-3-14(13)28-18/h4-9H,1-3,10H2,(H2,21,26)(H,23,25). The number of thioether (sulfide) groups is 1. The number of carbonyl (C=O) groups excluding carboxylic acids is 2. The predicted octanol–water partition coefficient (Wildman–Crippen LogP) is 4.01. The fraction of sp³-hybridized carbons (Fsp3) is 0.211. The van der Waals surface area contributed by atoms with Crippen molar-refractivity contribution in [1.82, 2.24) is 9.55 Å². The Kier molecular flexibility index (Phi) is 5.56. The number of nitrogens with zero attached hydrogens (tertiary/aromatic N) is 2. The van der Waals surface area contributed by atoms with Gasteiger partial charge < -0.3 is 11.1 Å². The van der Waals surface area contributed by atoms with Crippen LogP contribution in [0.2, 0.25) is 0 Å². The molecule has 2 amide bonds. The van der Waals surface area contributed by atoms with Gasteiger partial charge in [-0.3, -0.25) is 14.2 Å². The van der Waals surface area contributed by atoms with Gasteiger partial charge in [-0.25, -0.2) is 4.98 Å². The molecule has 0 saturated heterocycles. The third-order valence-corrected chi connectivity index (χ3v) is 7.17. The minimum Gasteiger partial charge on any atom is -0.365 e. The maximum Gasteiger partial charge on any atom is 0.251 e. The van der Waals surface area contributed by atoms with E-state index < -0.39 is 5.91 Å². The number of aryl methyl sites for hydroxylation is 1. The van der Waals surface area contributed by atoms with Crippen LogP contribution in [0.1, 0.15) is 27.2 Å². The summed E-state index contributed by atoms with van der Waals surface area (Å²) < 4.78 is 2.93. The molecule has 6 nitrogen and oxygen atoms in total. The number of nitrogens with one attached hydrogen (secondary N) is 1. The fourth-order valence-electron chi connectivity index (χ4n) is 3.24. The predicted molar refractivity (Wildman–Crippen MR) is 115 cm³/mol. The second-order valence-corrected chi connectivity index (χ2v) is 9.28. The largest absolute Gasteiger partial charge is 0.365 e. The van der Waals surface area contributed by atoms with Crippen molar-refractivity contribution in [3.05, 3.63) is 57.1 Å². The molecule has 0 unspecified atom stereocenters. The number of hydrogen-bond donors (Lipinski definition) is 2. The lowest BCUT2D eigenvalue weighted by Gasteiger charge is -2.08. The van der Waals surface area contributed by atoms with Crippen LogP contribution < -0.4 is 11.1 Å². The molecular formula is C19H17BrN4O2S2. The molecule has 0 bridgehead atoms. The van der Waals surface area contributed by atoms with Crippen LogP contribution in [-0.4, -0.2) is 27.1 Å². The van der Waals surface area contributed by atoms with Gasteiger partial charge in [-0.1, -0.05) is 27.7 Å². The molecule has 4 rings (SSSR count). The smallest absolute Gasteiger partial charge is 0.251 e. The van der Waals surface area contributed by atoms with E-state index in [1.807, 2.05) is 35.0 Å². The fourth-order valence-corrected chi connectivity index (χ4v) is 5.59. The molecule has 28 heavy (non-hydrogen) atoms. The molecule has 0 aliphatic heterocycles. The van der Waals surface area contributed by atoms with Crippen molar-refractivity contribution in [2.75, 3.05) is 11.1 Å². The number of aromatic nitrogens is 2. The van der Waals surface area contributed by atoms with Gasteiger partial charge in [-0.05, 0) is 49.1 Å². The monoisotopic (exact) mass is 476 g/mol. The summed E-state index contributed by atoms with van der Waals surface area (Å²) in [6.45, 7) is 0. The lowest BCUT2D eigenvalue weighted by Crippen LogP contribution is -2.19. The van der Waals surface area contributed by atoms with Crippen LogP contribution in [-0.2, 0) is 17.6 Å². The number of halogens is 1. The molecule has 1 aliphatic carbocycles. The summed E-state index contributed by atoms with van der Waals surface area (Å²) in [4.78, 5) is 29.8. The highest BCUT2D eigenvalue weighted by Crippen LogP contribution is 2.39. The Hall–Kier alpha value is -2.10. The number of anilines is 1. The molecule has 0 atom stereocenters. The molecule has 1 aliphatic rings. The number of nitrogens with two attached hydrogens (primary N) is 1. The molecule has 0 spiro atoms. The first kappa shape index (κ1) is 19.2. The van der Waals surface area contributed by atoms with Crippen molar-refractivity contribution in [3.63, 3.8) is 0 Å². The van der Waals surface area contributed by atoms with E-state index in [-0.39, 0.29) is 11.7 Å². The molecule has 2 aromatic heterocycles. The van der Waals surface area contributed by atoms with E-state index in [2.05, 4.69) is 26.2 Å². The molecule has 9 heteroatoms. The summed E-state index contributed by atoms with van der Waals surface area (Å²) in [7, 11) is 0. The van der Waals surface area contributed by atoms with Crippen LogP contribution >= 0.6 is 39.0 Å². The summed E-state index contributed by atoms with van der Waals surface area (Å²) in [5, 5.41) is 4.16. The van der Waals surface area contributed by atoms with Crippen LogP contribution in [0.4, 0.5) is 5.00 Å². The van der Waals surface area contributed by atoms with Crippen LogP contribution in [0, 0.1) is 0 Å². The zero-order valence-corrected chi connectivity index (χ0v) is 18.0. The molecule has 0 radical (unpaired) electrons. The van der Waals surface area contributed by atoms with Gasteiger partial charge in [0.25, 0.3) is 5.91 Å². The van der Waals surface area contributed by atoms with E-state index in [0.29, 0.717) is 10.6 Å². The molecule has 1 aromatic carbocycles. The number of imidazole rings is 1. The van der Waals surface area contributed by atoms with Gasteiger partial charge in [0, 0.05) is 27.4 Å². The molecule has 144 valence electrons. The molecule has 3 aromatic rings. The Bertz CT molecular complexity index is 1040. The Morgan fingerprint density at radius 2 is 2.07 bits per heavy atom. The first-order valence-electron chi connectivity index (χ1n) is 8.69. The Labute approximate surface area is 178 Å². The van der Waals surface area contributed by atoms with Gasteiger partial charge in [-0.2, -0.15) is 0 Å². The second kappa shape index (κ2) is 8.10. The van der Waals surface area contributed by atoms with Gasteiger partial charge >= 0.3 is 0 Å². The molecular weight excluding hydrogens is 460 g/mol. The molecule has 0 saturated carbocycles. The Morgan fingerprint density at radius 1 is 1.29 bits per heavy atom. The van der Waals surface area contributed by atoms with Crippen LogP contribution in [0.5, 0.6) is 0 Å². The van der Waals surface area contributed by atoms with Crippen molar-refractivity contribution < 1.29 is 9.59 Å². The minimum atomic E-state index is -0.479. The maximum atomic E-state index is 12.5. The van der Waals surface area contributed by atoms with Crippen LogP contribution in [0.15, 0.2) is 46.3 Å². The zero-order valence-electron chi connectivity index (χ0n) is 14.8. The lowest BCUT2D eigenvalue weighted by molar-refractivity contribution is -0.113. The average Bonchev–Trinajstić information content (AvgIpc) is 3.36. The van der Waals surface area contributed by atoms with Gasteiger partial charge in [0.15, 0.2) is 5.16 Å². The quantitative estimate of drug-likeness (QED) is 0.525. The van der Waals surface area contributed by atoms with Crippen molar-refractivity contribution in [2.45, 2.75) is 24.4 Å².